The van der Waals surface area contributed by atoms with Crippen LogP contribution in [0.25, 0.3) is 0 Å². The van der Waals surface area contributed by atoms with Crippen molar-refractivity contribution in [2.45, 2.75) is 52.1 Å². The van der Waals surface area contributed by atoms with E-state index in [-0.39, 0.29) is 5.56 Å². The Labute approximate surface area is 113 Å². The molecule has 1 aromatic rings. The molecular weight excluding hydrogens is 242 g/mol. The standard InChI is InChI=1S/C14H23N3O2/c1-4-19-14(7-5-9(2)6-8-14)13-16-11(15)10(3)12(18)17-13/h9H,4-8H2,1-3H3,(H3,15,16,17,18). The maximum absolute atomic E-state index is 11.9. The Balaban J connectivity index is 2.42. The van der Waals surface area contributed by atoms with Crippen LogP contribution in [0.5, 0.6) is 0 Å². The zero-order valence-electron chi connectivity index (χ0n) is 12.0. The summed E-state index contributed by atoms with van der Waals surface area (Å²) in [6.45, 7) is 6.50. The molecule has 106 valence electrons. The third-order valence-corrected chi connectivity index (χ3v) is 4.12. The van der Waals surface area contributed by atoms with Crippen molar-refractivity contribution in [1.82, 2.24) is 9.97 Å². The van der Waals surface area contributed by atoms with Crippen LogP contribution in [0.15, 0.2) is 4.79 Å². The van der Waals surface area contributed by atoms with Crippen molar-refractivity contribution >= 4 is 5.82 Å². The van der Waals surface area contributed by atoms with Crippen molar-refractivity contribution in [3.8, 4) is 0 Å². The van der Waals surface area contributed by atoms with E-state index in [1.807, 2.05) is 6.92 Å². The van der Waals surface area contributed by atoms with Gasteiger partial charge in [-0.3, -0.25) is 4.79 Å². The summed E-state index contributed by atoms with van der Waals surface area (Å²) in [6, 6.07) is 0. The normalized spacial score (nSPS) is 27.4. The minimum atomic E-state index is -0.470. The number of ether oxygens (including phenoxy) is 1. The lowest BCUT2D eigenvalue weighted by Gasteiger charge is -2.38. The highest BCUT2D eigenvalue weighted by Crippen LogP contribution is 2.40. The lowest BCUT2D eigenvalue weighted by Crippen LogP contribution is -2.38. The number of nitrogens with one attached hydrogen (secondary N) is 1. The van der Waals surface area contributed by atoms with E-state index in [1.54, 1.807) is 6.92 Å². The van der Waals surface area contributed by atoms with Gasteiger partial charge in [-0.1, -0.05) is 6.92 Å². The first kappa shape index (κ1) is 14.1. The molecule has 5 heteroatoms. The Morgan fingerprint density at radius 3 is 2.63 bits per heavy atom. The van der Waals surface area contributed by atoms with Crippen LogP contribution in [0.2, 0.25) is 0 Å². The number of hydrogen-bond donors (Lipinski definition) is 2. The summed E-state index contributed by atoms with van der Waals surface area (Å²) in [6.07, 6.45) is 3.93. The quantitative estimate of drug-likeness (QED) is 0.877. The first-order valence-electron chi connectivity index (χ1n) is 6.99. The Morgan fingerprint density at radius 2 is 2.11 bits per heavy atom. The second kappa shape index (κ2) is 5.33. The largest absolute Gasteiger partial charge is 0.383 e. The van der Waals surface area contributed by atoms with Crippen LogP contribution in [0.4, 0.5) is 5.82 Å². The summed E-state index contributed by atoms with van der Waals surface area (Å²) in [5, 5.41) is 0. The van der Waals surface area contributed by atoms with Gasteiger partial charge >= 0.3 is 0 Å². The van der Waals surface area contributed by atoms with Gasteiger partial charge in [0.05, 0.1) is 5.56 Å². The highest BCUT2D eigenvalue weighted by atomic mass is 16.5. The maximum Gasteiger partial charge on any atom is 0.255 e. The van der Waals surface area contributed by atoms with E-state index in [9.17, 15) is 4.79 Å². The fourth-order valence-electron chi connectivity index (χ4n) is 2.72. The number of nitrogens with two attached hydrogens (primary N) is 1. The van der Waals surface area contributed by atoms with Crippen LogP contribution in [0.3, 0.4) is 0 Å². The topological polar surface area (TPSA) is 81.0 Å². The van der Waals surface area contributed by atoms with Gasteiger partial charge in [0.15, 0.2) is 0 Å². The number of aromatic amines is 1. The average Bonchev–Trinajstić information content (AvgIpc) is 2.38. The predicted octanol–water partition coefficient (Wildman–Crippen LogP) is 2.10. The molecule has 0 atom stereocenters. The molecule has 2 rings (SSSR count). The van der Waals surface area contributed by atoms with E-state index < -0.39 is 5.60 Å². The van der Waals surface area contributed by atoms with E-state index in [0.29, 0.717) is 29.7 Å². The van der Waals surface area contributed by atoms with Crippen LogP contribution >= 0.6 is 0 Å². The second-order valence-electron chi connectivity index (χ2n) is 5.53. The molecule has 1 aliphatic rings. The molecule has 0 spiro atoms. The smallest absolute Gasteiger partial charge is 0.255 e. The van der Waals surface area contributed by atoms with Crippen molar-refractivity contribution in [2.24, 2.45) is 5.92 Å². The van der Waals surface area contributed by atoms with Gasteiger partial charge in [-0.15, -0.1) is 0 Å². The average molecular weight is 265 g/mol. The number of anilines is 1. The molecule has 19 heavy (non-hydrogen) atoms. The van der Waals surface area contributed by atoms with Crippen molar-refractivity contribution < 1.29 is 4.74 Å². The Bertz CT molecular complexity index is 502. The molecule has 0 amide bonds. The van der Waals surface area contributed by atoms with E-state index in [4.69, 9.17) is 10.5 Å². The lowest BCUT2D eigenvalue weighted by atomic mass is 9.79. The van der Waals surface area contributed by atoms with Crippen LogP contribution in [-0.2, 0) is 10.3 Å². The summed E-state index contributed by atoms with van der Waals surface area (Å²) < 4.78 is 5.97. The van der Waals surface area contributed by atoms with Crippen LogP contribution in [0, 0.1) is 12.8 Å². The number of H-pyrrole nitrogens is 1. The molecule has 1 saturated carbocycles. The molecule has 0 radical (unpaired) electrons. The van der Waals surface area contributed by atoms with E-state index in [2.05, 4.69) is 16.9 Å². The van der Waals surface area contributed by atoms with Crippen LogP contribution < -0.4 is 11.3 Å². The maximum atomic E-state index is 11.9. The minimum Gasteiger partial charge on any atom is -0.383 e. The van der Waals surface area contributed by atoms with Crippen molar-refractivity contribution in [2.75, 3.05) is 12.3 Å². The fraction of sp³-hybridized carbons (Fsp3) is 0.714. The first-order valence-corrected chi connectivity index (χ1v) is 6.99. The molecule has 0 aliphatic heterocycles. The van der Waals surface area contributed by atoms with Gasteiger partial charge in [0.25, 0.3) is 5.56 Å². The van der Waals surface area contributed by atoms with Crippen molar-refractivity contribution in [3.63, 3.8) is 0 Å². The number of nitrogens with zero attached hydrogens (tertiary/aromatic N) is 1. The molecule has 1 aliphatic carbocycles. The molecule has 1 fully saturated rings. The SMILES string of the molecule is CCOC1(c2nc(N)c(C)c(=O)[nH]2)CCC(C)CC1. The highest BCUT2D eigenvalue weighted by molar-refractivity contribution is 5.37. The zero-order chi connectivity index (χ0) is 14.0. The molecule has 0 bridgehead atoms. The molecule has 0 unspecified atom stereocenters. The fourth-order valence-corrected chi connectivity index (χ4v) is 2.72. The minimum absolute atomic E-state index is 0.166. The summed E-state index contributed by atoms with van der Waals surface area (Å²) >= 11 is 0. The molecule has 0 aromatic carbocycles. The Kier molecular flexibility index (Phi) is 3.94. The van der Waals surface area contributed by atoms with Gasteiger partial charge in [0, 0.05) is 6.61 Å². The first-order chi connectivity index (χ1) is 8.98. The number of rotatable bonds is 3. The monoisotopic (exact) mass is 265 g/mol. The molecule has 5 nitrogen and oxygen atoms in total. The summed E-state index contributed by atoms with van der Waals surface area (Å²) in [7, 11) is 0. The Hall–Kier alpha value is -1.36. The van der Waals surface area contributed by atoms with Gasteiger partial charge in [0.2, 0.25) is 0 Å². The summed E-state index contributed by atoms with van der Waals surface area (Å²) in [5.74, 6) is 1.59. The Morgan fingerprint density at radius 1 is 1.47 bits per heavy atom. The van der Waals surface area contributed by atoms with Crippen LogP contribution in [0.1, 0.15) is 50.9 Å². The molecule has 1 aromatic heterocycles. The van der Waals surface area contributed by atoms with Crippen molar-refractivity contribution in [1.29, 1.82) is 0 Å². The van der Waals surface area contributed by atoms with Gasteiger partial charge in [0.1, 0.15) is 17.2 Å². The molecule has 1 heterocycles. The van der Waals surface area contributed by atoms with Gasteiger partial charge in [-0.05, 0) is 45.4 Å². The lowest BCUT2D eigenvalue weighted by molar-refractivity contribution is -0.0837. The molecule has 3 N–H and O–H groups in total. The van der Waals surface area contributed by atoms with Gasteiger partial charge in [-0.25, -0.2) is 4.98 Å². The second-order valence-corrected chi connectivity index (χ2v) is 5.53. The number of nitrogen functional groups attached to an aromatic ring is 1. The van der Waals surface area contributed by atoms with Gasteiger partial charge in [-0.2, -0.15) is 0 Å². The van der Waals surface area contributed by atoms with E-state index in [0.717, 1.165) is 25.7 Å². The third-order valence-electron chi connectivity index (χ3n) is 4.12. The zero-order valence-corrected chi connectivity index (χ0v) is 12.0. The molecule has 0 saturated heterocycles. The third kappa shape index (κ3) is 2.66. The van der Waals surface area contributed by atoms with E-state index >= 15 is 0 Å². The number of hydrogen-bond acceptors (Lipinski definition) is 4. The van der Waals surface area contributed by atoms with Crippen molar-refractivity contribution in [3.05, 3.63) is 21.7 Å². The number of aromatic nitrogens is 2. The van der Waals surface area contributed by atoms with Gasteiger partial charge < -0.3 is 15.5 Å². The summed E-state index contributed by atoms with van der Waals surface area (Å²) in [4.78, 5) is 19.1. The van der Waals surface area contributed by atoms with E-state index in [1.165, 1.54) is 0 Å². The molecular formula is C14H23N3O2. The summed E-state index contributed by atoms with van der Waals surface area (Å²) in [5.41, 5.74) is 5.66. The van der Waals surface area contributed by atoms with Crippen LogP contribution in [-0.4, -0.2) is 16.6 Å². The highest BCUT2D eigenvalue weighted by Gasteiger charge is 2.39. The predicted molar refractivity (Wildman–Crippen MR) is 74.9 cm³/mol.